The lowest BCUT2D eigenvalue weighted by molar-refractivity contribution is -0.146. The van der Waals surface area contributed by atoms with E-state index in [9.17, 15) is 9.90 Å². The summed E-state index contributed by atoms with van der Waals surface area (Å²) in [5, 5.41) is 12.7. The summed E-state index contributed by atoms with van der Waals surface area (Å²) < 4.78 is 5.05. The van der Waals surface area contributed by atoms with E-state index in [1.807, 2.05) is 6.92 Å². The van der Waals surface area contributed by atoms with Gasteiger partial charge in [0.15, 0.2) is 0 Å². The van der Waals surface area contributed by atoms with Crippen LogP contribution < -0.4 is 5.32 Å². The zero-order chi connectivity index (χ0) is 12.0. The maximum absolute atomic E-state index is 11.5. The Morgan fingerprint density at radius 3 is 2.38 bits per heavy atom. The third-order valence-corrected chi connectivity index (χ3v) is 3.31. The molecule has 1 fully saturated rings. The number of carboxylic acids is 1. The van der Waals surface area contributed by atoms with Crippen LogP contribution >= 0.6 is 0 Å². The summed E-state index contributed by atoms with van der Waals surface area (Å²) in [6, 6.07) is 0.0826. The van der Waals surface area contributed by atoms with Gasteiger partial charge in [-0.15, -0.1) is 0 Å². The standard InChI is InChI=1S/C12H23NO3/c1-10(9-16-2)13-12(11(14)15)7-5-3-4-6-8-12/h10,13H,3-9H2,1-2H3,(H,14,15). The molecule has 1 atom stereocenters. The Labute approximate surface area is 97.4 Å². The third-order valence-electron chi connectivity index (χ3n) is 3.31. The Morgan fingerprint density at radius 1 is 1.38 bits per heavy atom. The first-order valence-corrected chi connectivity index (χ1v) is 6.11. The van der Waals surface area contributed by atoms with Crippen LogP contribution in [0.1, 0.15) is 45.4 Å². The van der Waals surface area contributed by atoms with E-state index >= 15 is 0 Å². The van der Waals surface area contributed by atoms with Crippen molar-refractivity contribution < 1.29 is 14.6 Å². The number of carbonyl (C=O) groups is 1. The second kappa shape index (κ2) is 6.21. The highest BCUT2D eigenvalue weighted by Gasteiger charge is 2.39. The van der Waals surface area contributed by atoms with E-state index in [0.29, 0.717) is 6.61 Å². The number of nitrogens with one attached hydrogen (secondary N) is 1. The summed E-state index contributed by atoms with van der Waals surface area (Å²) in [6.45, 7) is 2.52. The van der Waals surface area contributed by atoms with Crippen molar-refractivity contribution in [1.82, 2.24) is 5.32 Å². The molecule has 0 spiro atoms. The number of rotatable bonds is 5. The lowest BCUT2D eigenvalue weighted by Crippen LogP contribution is -2.56. The molecule has 0 aromatic rings. The average molecular weight is 229 g/mol. The van der Waals surface area contributed by atoms with Gasteiger partial charge in [-0.2, -0.15) is 0 Å². The average Bonchev–Trinajstić information content (AvgIpc) is 2.44. The van der Waals surface area contributed by atoms with Crippen LogP contribution in [0.15, 0.2) is 0 Å². The maximum Gasteiger partial charge on any atom is 0.323 e. The Hall–Kier alpha value is -0.610. The monoisotopic (exact) mass is 229 g/mol. The van der Waals surface area contributed by atoms with E-state index in [-0.39, 0.29) is 6.04 Å². The molecule has 0 heterocycles. The van der Waals surface area contributed by atoms with Gasteiger partial charge in [0.2, 0.25) is 0 Å². The zero-order valence-electron chi connectivity index (χ0n) is 10.3. The van der Waals surface area contributed by atoms with Crippen LogP contribution in [-0.4, -0.2) is 36.4 Å². The summed E-state index contributed by atoms with van der Waals surface area (Å²) in [6.07, 6.45) is 5.76. The molecule has 2 N–H and O–H groups in total. The molecule has 16 heavy (non-hydrogen) atoms. The van der Waals surface area contributed by atoms with Gasteiger partial charge in [0.05, 0.1) is 6.61 Å². The molecule has 1 unspecified atom stereocenters. The summed E-state index contributed by atoms with van der Waals surface area (Å²) in [5.74, 6) is -0.711. The highest BCUT2D eigenvalue weighted by Crippen LogP contribution is 2.28. The van der Waals surface area contributed by atoms with Crippen molar-refractivity contribution in [2.45, 2.75) is 57.0 Å². The van der Waals surface area contributed by atoms with E-state index in [2.05, 4.69) is 5.32 Å². The Morgan fingerprint density at radius 2 is 1.94 bits per heavy atom. The fraction of sp³-hybridized carbons (Fsp3) is 0.917. The van der Waals surface area contributed by atoms with Gasteiger partial charge in [0.1, 0.15) is 5.54 Å². The molecule has 1 aliphatic carbocycles. The molecular weight excluding hydrogens is 206 g/mol. The molecular formula is C12H23NO3. The molecule has 0 amide bonds. The van der Waals surface area contributed by atoms with Crippen LogP contribution in [0, 0.1) is 0 Å². The van der Waals surface area contributed by atoms with Gasteiger partial charge in [-0.05, 0) is 19.8 Å². The minimum absolute atomic E-state index is 0.0826. The van der Waals surface area contributed by atoms with E-state index in [1.54, 1.807) is 7.11 Å². The molecule has 4 nitrogen and oxygen atoms in total. The first-order valence-electron chi connectivity index (χ1n) is 6.11. The quantitative estimate of drug-likeness (QED) is 0.706. The SMILES string of the molecule is COCC(C)NC1(C(=O)O)CCCCCC1. The van der Waals surface area contributed by atoms with Crippen LogP contribution in [0.25, 0.3) is 0 Å². The number of hydrogen-bond acceptors (Lipinski definition) is 3. The Balaban J connectivity index is 2.66. The van der Waals surface area contributed by atoms with Crippen molar-refractivity contribution in [3.8, 4) is 0 Å². The summed E-state index contributed by atoms with van der Waals surface area (Å²) >= 11 is 0. The van der Waals surface area contributed by atoms with E-state index in [0.717, 1.165) is 38.5 Å². The smallest absolute Gasteiger partial charge is 0.323 e. The van der Waals surface area contributed by atoms with E-state index < -0.39 is 11.5 Å². The van der Waals surface area contributed by atoms with E-state index in [1.165, 1.54) is 0 Å². The fourth-order valence-corrected chi connectivity index (χ4v) is 2.52. The summed E-state index contributed by atoms with van der Waals surface area (Å²) in [4.78, 5) is 11.5. The first-order chi connectivity index (χ1) is 7.60. The lowest BCUT2D eigenvalue weighted by atomic mass is 9.89. The van der Waals surface area contributed by atoms with Crippen molar-refractivity contribution in [3.05, 3.63) is 0 Å². The number of methoxy groups -OCH3 is 1. The minimum atomic E-state index is -0.728. The van der Waals surface area contributed by atoms with Gasteiger partial charge in [-0.25, -0.2) is 0 Å². The van der Waals surface area contributed by atoms with Crippen molar-refractivity contribution >= 4 is 5.97 Å². The second-order valence-electron chi connectivity index (χ2n) is 4.80. The molecule has 4 heteroatoms. The lowest BCUT2D eigenvalue weighted by Gasteiger charge is -2.32. The van der Waals surface area contributed by atoms with Gasteiger partial charge in [0, 0.05) is 13.2 Å². The molecule has 0 bridgehead atoms. The highest BCUT2D eigenvalue weighted by molar-refractivity contribution is 5.78. The number of carboxylic acid groups (broad SMARTS) is 1. The predicted molar refractivity (Wildman–Crippen MR) is 62.5 cm³/mol. The number of hydrogen-bond donors (Lipinski definition) is 2. The van der Waals surface area contributed by atoms with Crippen LogP contribution in [0.3, 0.4) is 0 Å². The molecule has 1 rings (SSSR count). The van der Waals surface area contributed by atoms with Crippen molar-refractivity contribution in [2.75, 3.05) is 13.7 Å². The number of ether oxygens (including phenoxy) is 1. The van der Waals surface area contributed by atoms with Crippen LogP contribution in [0.2, 0.25) is 0 Å². The largest absolute Gasteiger partial charge is 0.480 e. The molecule has 0 aliphatic heterocycles. The minimum Gasteiger partial charge on any atom is -0.480 e. The molecule has 0 aromatic carbocycles. The summed E-state index contributed by atoms with van der Waals surface area (Å²) in [5.41, 5.74) is -0.728. The number of aliphatic carboxylic acids is 1. The van der Waals surface area contributed by atoms with Crippen molar-refractivity contribution in [2.24, 2.45) is 0 Å². The molecule has 0 aromatic heterocycles. The molecule has 0 radical (unpaired) electrons. The zero-order valence-corrected chi connectivity index (χ0v) is 10.3. The fourth-order valence-electron chi connectivity index (χ4n) is 2.52. The molecule has 1 saturated carbocycles. The van der Waals surface area contributed by atoms with E-state index in [4.69, 9.17) is 4.74 Å². The van der Waals surface area contributed by atoms with Gasteiger partial charge < -0.3 is 9.84 Å². The van der Waals surface area contributed by atoms with Gasteiger partial charge >= 0.3 is 5.97 Å². The summed E-state index contributed by atoms with van der Waals surface area (Å²) in [7, 11) is 1.64. The topological polar surface area (TPSA) is 58.6 Å². The maximum atomic E-state index is 11.5. The molecule has 0 saturated heterocycles. The van der Waals surface area contributed by atoms with Crippen LogP contribution in [-0.2, 0) is 9.53 Å². The van der Waals surface area contributed by atoms with Crippen LogP contribution in [0.4, 0.5) is 0 Å². The van der Waals surface area contributed by atoms with Gasteiger partial charge in [0.25, 0.3) is 0 Å². The normalized spacial score (nSPS) is 22.4. The van der Waals surface area contributed by atoms with Gasteiger partial charge in [-0.1, -0.05) is 25.7 Å². The Kier molecular flexibility index (Phi) is 5.22. The third kappa shape index (κ3) is 3.46. The predicted octanol–water partition coefficient (Wildman–Crippen LogP) is 1.79. The van der Waals surface area contributed by atoms with Gasteiger partial charge in [-0.3, -0.25) is 10.1 Å². The first kappa shape index (κ1) is 13.5. The molecule has 94 valence electrons. The molecule has 1 aliphatic rings. The van der Waals surface area contributed by atoms with Crippen molar-refractivity contribution in [3.63, 3.8) is 0 Å². The second-order valence-corrected chi connectivity index (χ2v) is 4.80. The highest BCUT2D eigenvalue weighted by atomic mass is 16.5. The Bertz CT molecular complexity index is 222. The van der Waals surface area contributed by atoms with Crippen molar-refractivity contribution in [1.29, 1.82) is 0 Å². The van der Waals surface area contributed by atoms with Crippen LogP contribution in [0.5, 0.6) is 0 Å².